The van der Waals surface area contributed by atoms with Crippen LogP contribution in [0.25, 0.3) is 0 Å². The number of methoxy groups -OCH3 is 1. The number of carbonyl (C=O) groups excluding carboxylic acids is 2. The molecule has 8 nitrogen and oxygen atoms in total. The predicted octanol–water partition coefficient (Wildman–Crippen LogP) is -1.52. The van der Waals surface area contributed by atoms with Gasteiger partial charge in [0.1, 0.15) is 6.04 Å². The van der Waals surface area contributed by atoms with Crippen molar-refractivity contribution in [3.63, 3.8) is 0 Å². The van der Waals surface area contributed by atoms with Crippen LogP contribution in [0.2, 0.25) is 0 Å². The Labute approximate surface area is 110 Å². The maximum Gasteiger partial charge on any atom is 0.326 e. The molecule has 0 aliphatic carbocycles. The van der Waals surface area contributed by atoms with Gasteiger partial charge in [0.2, 0.25) is 5.91 Å². The van der Waals surface area contributed by atoms with Crippen LogP contribution in [0, 0.1) is 5.92 Å². The first-order valence-corrected chi connectivity index (χ1v) is 5.89. The van der Waals surface area contributed by atoms with Crippen molar-refractivity contribution in [2.24, 2.45) is 11.7 Å². The molecule has 1 saturated heterocycles. The first kappa shape index (κ1) is 15.4. The lowest BCUT2D eigenvalue weighted by atomic mass is 10.0. The number of esters is 1. The summed E-state index contributed by atoms with van der Waals surface area (Å²) in [5, 5.41) is 11.3. The van der Waals surface area contributed by atoms with E-state index < -0.39 is 35.8 Å². The van der Waals surface area contributed by atoms with Crippen LogP contribution >= 0.6 is 0 Å². The summed E-state index contributed by atoms with van der Waals surface area (Å²) in [6, 6.07) is -1.57. The molecule has 1 aliphatic rings. The number of carbonyl (C=O) groups is 3. The molecule has 108 valence electrons. The molecule has 0 spiro atoms. The van der Waals surface area contributed by atoms with Crippen LogP contribution in [-0.4, -0.2) is 55.4 Å². The predicted molar refractivity (Wildman–Crippen MR) is 63.1 cm³/mol. The molecule has 2 unspecified atom stereocenters. The van der Waals surface area contributed by atoms with Gasteiger partial charge < -0.3 is 25.6 Å². The molecule has 1 fully saturated rings. The van der Waals surface area contributed by atoms with Gasteiger partial charge in [-0.3, -0.25) is 9.59 Å². The average molecular weight is 274 g/mol. The average Bonchev–Trinajstić information content (AvgIpc) is 2.79. The van der Waals surface area contributed by atoms with Gasteiger partial charge in [-0.1, -0.05) is 0 Å². The van der Waals surface area contributed by atoms with E-state index in [0.717, 1.165) is 0 Å². The molecule has 1 heterocycles. The Morgan fingerprint density at radius 1 is 1.47 bits per heavy atom. The normalized spacial score (nSPS) is 23.7. The van der Waals surface area contributed by atoms with Gasteiger partial charge in [0.25, 0.3) is 0 Å². The molecule has 1 rings (SSSR count). The lowest BCUT2D eigenvalue weighted by molar-refractivity contribution is -0.144. The molecule has 0 saturated carbocycles. The second-order valence-electron chi connectivity index (χ2n) is 4.32. The highest BCUT2D eigenvalue weighted by Gasteiger charge is 2.33. The van der Waals surface area contributed by atoms with Crippen molar-refractivity contribution in [2.75, 3.05) is 20.3 Å². The summed E-state index contributed by atoms with van der Waals surface area (Å²) in [6.45, 7) is 0.453. The van der Waals surface area contributed by atoms with E-state index >= 15 is 0 Å². The van der Waals surface area contributed by atoms with Crippen LogP contribution in [0.1, 0.15) is 12.8 Å². The van der Waals surface area contributed by atoms with E-state index in [4.69, 9.17) is 15.6 Å². The SMILES string of the molecule is COC(=O)CC[C@H](NC(=O)C1COCC1N)C(=O)O. The summed E-state index contributed by atoms with van der Waals surface area (Å²) in [4.78, 5) is 33.8. The number of aliphatic carboxylic acids is 1. The first-order chi connectivity index (χ1) is 8.95. The smallest absolute Gasteiger partial charge is 0.326 e. The van der Waals surface area contributed by atoms with Crippen molar-refractivity contribution < 1.29 is 29.0 Å². The van der Waals surface area contributed by atoms with Gasteiger partial charge in [-0.2, -0.15) is 0 Å². The minimum absolute atomic E-state index is 0.0312. The van der Waals surface area contributed by atoms with E-state index in [1.807, 2.05) is 0 Å². The lowest BCUT2D eigenvalue weighted by Gasteiger charge is -2.18. The minimum Gasteiger partial charge on any atom is -0.480 e. The van der Waals surface area contributed by atoms with Crippen LogP contribution in [0.15, 0.2) is 0 Å². The van der Waals surface area contributed by atoms with Crippen molar-refractivity contribution in [3.05, 3.63) is 0 Å². The third-order valence-corrected chi connectivity index (χ3v) is 2.94. The standard InChI is InChI=1S/C11H18N2O6/c1-18-9(14)3-2-8(11(16)17)13-10(15)6-4-19-5-7(6)12/h6-8H,2-5,12H2,1H3,(H,13,15)(H,16,17)/t6?,7?,8-/m0/s1. The summed E-state index contributed by atoms with van der Waals surface area (Å²) < 4.78 is 9.46. The van der Waals surface area contributed by atoms with Gasteiger partial charge in [0.15, 0.2) is 0 Å². The quantitative estimate of drug-likeness (QED) is 0.502. The fraction of sp³-hybridized carbons (Fsp3) is 0.727. The maximum absolute atomic E-state index is 11.8. The number of nitrogens with one attached hydrogen (secondary N) is 1. The third-order valence-electron chi connectivity index (χ3n) is 2.94. The number of hydrogen-bond acceptors (Lipinski definition) is 6. The molecule has 1 amide bonds. The lowest BCUT2D eigenvalue weighted by Crippen LogP contribution is -2.48. The Kier molecular flexibility index (Phi) is 5.71. The van der Waals surface area contributed by atoms with Crippen molar-refractivity contribution in [1.29, 1.82) is 0 Å². The molecule has 3 atom stereocenters. The van der Waals surface area contributed by atoms with Crippen LogP contribution in [0.4, 0.5) is 0 Å². The molecule has 4 N–H and O–H groups in total. The summed E-state index contributed by atoms with van der Waals surface area (Å²) in [5.41, 5.74) is 5.67. The highest BCUT2D eigenvalue weighted by Crippen LogP contribution is 2.12. The number of carboxylic acid groups (broad SMARTS) is 1. The number of carboxylic acids is 1. The number of nitrogens with two attached hydrogens (primary N) is 1. The number of rotatable bonds is 6. The Hall–Kier alpha value is -1.67. The van der Waals surface area contributed by atoms with E-state index in [1.165, 1.54) is 7.11 Å². The van der Waals surface area contributed by atoms with Crippen molar-refractivity contribution >= 4 is 17.8 Å². The number of amides is 1. The van der Waals surface area contributed by atoms with Gasteiger partial charge >= 0.3 is 11.9 Å². The Morgan fingerprint density at radius 3 is 2.63 bits per heavy atom. The number of hydrogen-bond donors (Lipinski definition) is 3. The molecule has 0 aromatic heterocycles. The summed E-state index contributed by atoms with van der Waals surface area (Å²) in [7, 11) is 1.21. The fourth-order valence-electron chi connectivity index (χ4n) is 1.74. The van der Waals surface area contributed by atoms with E-state index in [-0.39, 0.29) is 26.1 Å². The monoisotopic (exact) mass is 274 g/mol. The summed E-state index contributed by atoms with van der Waals surface area (Å²) >= 11 is 0. The molecule has 1 aliphatic heterocycles. The highest BCUT2D eigenvalue weighted by atomic mass is 16.5. The zero-order valence-electron chi connectivity index (χ0n) is 10.6. The highest BCUT2D eigenvalue weighted by molar-refractivity contribution is 5.86. The molecule has 0 radical (unpaired) electrons. The minimum atomic E-state index is -1.20. The molecule has 0 bridgehead atoms. The zero-order chi connectivity index (χ0) is 14.4. The van der Waals surface area contributed by atoms with Gasteiger partial charge in [0, 0.05) is 12.5 Å². The third kappa shape index (κ3) is 4.49. The van der Waals surface area contributed by atoms with Crippen LogP contribution in [0.5, 0.6) is 0 Å². The zero-order valence-corrected chi connectivity index (χ0v) is 10.6. The van der Waals surface area contributed by atoms with E-state index in [0.29, 0.717) is 0 Å². The summed E-state index contributed by atoms with van der Waals surface area (Å²) in [6.07, 6.45) is -0.114. The second kappa shape index (κ2) is 7.05. The number of ether oxygens (including phenoxy) is 2. The van der Waals surface area contributed by atoms with Crippen LogP contribution in [-0.2, 0) is 23.9 Å². The molecule has 0 aromatic rings. The Bertz CT molecular complexity index is 359. The topological polar surface area (TPSA) is 128 Å². The van der Waals surface area contributed by atoms with Gasteiger partial charge in [0.05, 0.1) is 26.2 Å². The van der Waals surface area contributed by atoms with E-state index in [2.05, 4.69) is 10.1 Å². The fourth-order valence-corrected chi connectivity index (χ4v) is 1.74. The van der Waals surface area contributed by atoms with Crippen LogP contribution < -0.4 is 11.1 Å². The van der Waals surface area contributed by atoms with E-state index in [9.17, 15) is 14.4 Å². The first-order valence-electron chi connectivity index (χ1n) is 5.89. The van der Waals surface area contributed by atoms with Crippen LogP contribution in [0.3, 0.4) is 0 Å². The van der Waals surface area contributed by atoms with Gasteiger partial charge in [-0.05, 0) is 6.42 Å². The molecular formula is C11H18N2O6. The maximum atomic E-state index is 11.8. The van der Waals surface area contributed by atoms with Crippen molar-refractivity contribution in [2.45, 2.75) is 24.9 Å². The van der Waals surface area contributed by atoms with Gasteiger partial charge in [-0.25, -0.2) is 4.79 Å². The van der Waals surface area contributed by atoms with Crippen molar-refractivity contribution in [1.82, 2.24) is 5.32 Å². The van der Waals surface area contributed by atoms with Crippen molar-refractivity contribution in [3.8, 4) is 0 Å². The largest absolute Gasteiger partial charge is 0.480 e. The molecule has 19 heavy (non-hydrogen) atoms. The Balaban J connectivity index is 2.51. The van der Waals surface area contributed by atoms with E-state index in [1.54, 1.807) is 0 Å². The molecular weight excluding hydrogens is 256 g/mol. The summed E-state index contributed by atoms with van der Waals surface area (Å²) in [5.74, 6) is -2.76. The molecule has 0 aromatic carbocycles. The Morgan fingerprint density at radius 2 is 2.16 bits per heavy atom. The molecule has 8 heteroatoms. The second-order valence-corrected chi connectivity index (χ2v) is 4.32. The van der Waals surface area contributed by atoms with Gasteiger partial charge in [-0.15, -0.1) is 0 Å².